The molecule has 3 saturated carbocycles. The lowest BCUT2D eigenvalue weighted by molar-refractivity contribution is -0.135. The van der Waals surface area contributed by atoms with E-state index in [1.807, 2.05) is 0 Å². The smallest absolute Gasteiger partial charge is 0.232 e. The zero-order valence-electron chi connectivity index (χ0n) is 13.6. The molecule has 1 aromatic rings. The van der Waals surface area contributed by atoms with E-state index in [-0.39, 0.29) is 11.3 Å². The summed E-state index contributed by atoms with van der Waals surface area (Å²) in [5.41, 5.74) is -0.424. The van der Waals surface area contributed by atoms with Crippen molar-refractivity contribution >= 4 is 11.9 Å². The third-order valence-corrected chi connectivity index (χ3v) is 5.38. The van der Waals surface area contributed by atoms with Crippen molar-refractivity contribution in [2.75, 3.05) is 5.32 Å². The molecular weight excluding hydrogens is 281 g/mol. The molecule has 0 spiro atoms. The van der Waals surface area contributed by atoms with Gasteiger partial charge in [-0.15, -0.1) is 0 Å². The maximum absolute atomic E-state index is 14.2. The highest BCUT2D eigenvalue weighted by Gasteiger charge is 2.52. The maximum atomic E-state index is 14.2. The molecule has 0 radical (unpaired) electrons. The van der Waals surface area contributed by atoms with E-state index in [4.69, 9.17) is 0 Å². The number of halogens is 1. The summed E-state index contributed by atoms with van der Waals surface area (Å²) < 4.78 is 14.2. The van der Waals surface area contributed by atoms with E-state index >= 15 is 0 Å². The number of amides is 1. The molecular formula is C17H24FN3O. The number of anilines is 1. The topological polar surface area (TPSA) is 54.9 Å². The first kappa shape index (κ1) is 15.4. The molecule has 4 rings (SSSR count). The molecule has 3 aliphatic rings. The minimum atomic E-state index is -1.02. The summed E-state index contributed by atoms with van der Waals surface area (Å²) in [4.78, 5) is 21.1. The van der Waals surface area contributed by atoms with Crippen LogP contribution in [0.3, 0.4) is 0 Å². The summed E-state index contributed by atoms with van der Waals surface area (Å²) in [6, 6.07) is 0. The monoisotopic (exact) mass is 305 g/mol. The zero-order chi connectivity index (χ0) is 16.0. The Bertz CT molecular complexity index is 552. The van der Waals surface area contributed by atoms with E-state index in [9.17, 15) is 9.18 Å². The molecule has 0 aromatic carbocycles. The Balaban J connectivity index is 1.70. The molecule has 1 N–H and O–H groups in total. The second kappa shape index (κ2) is 5.00. The van der Waals surface area contributed by atoms with Crippen molar-refractivity contribution in [3.8, 4) is 0 Å². The van der Waals surface area contributed by atoms with Crippen LogP contribution in [0, 0.1) is 5.41 Å². The normalized spacial score (nSPS) is 31.1. The van der Waals surface area contributed by atoms with Crippen LogP contribution in [-0.2, 0) is 10.2 Å². The Hall–Kier alpha value is -1.52. The summed E-state index contributed by atoms with van der Waals surface area (Å²) in [7, 11) is 0. The predicted octanol–water partition coefficient (Wildman–Crippen LogP) is 3.78. The summed E-state index contributed by atoms with van der Waals surface area (Å²) in [5, 5.41) is 2.84. The molecule has 0 saturated heterocycles. The number of fused-ring (bicyclic) bond motifs is 3. The van der Waals surface area contributed by atoms with Gasteiger partial charge in [-0.05, 0) is 49.5 Å². The fourth-order valence-corrected chi connectivity index (χ4v) is 3.49. The van der Waals surface area contributed by atoms with Crippen molar-refractivity contribution in [3.05, 3.63) is 18.0 Å². The van der Waals surface area contributed by atoms with Gasteiger partial charge in [0.15, 0.2) is 0 Å². The SMILES string of the molecule is CC(C)(C)c1cnc(NC(=O)C23CCC(F)(CC2)CC3)nc1. The van der Waals surface area contributed by atoms with Crippen molar-refractivity contribution in [2.45, 2.75) is 70.4 Å². The molecule has 3 fully saturated rings. The molecule has 0 unspecified atom stereocenters. The van der Waals surface area contributed by atoms with Crippen LogP contribution in [0.15, 0.2) is 12.4 Å². The van der Waals surface area contributed by atoms with E-state index < -0.39 is 11.1 Å². The fourth-order valence-electron chi connectivity index (χ4n) is 3.49. The highest BCUT2D eigenvalue weighted by atomic mass is 19.1. The molecule has 1 aromatic heterocycles. The number of nitrogens with one attached hydrogen (secondary N) is 1. The summed E-state index contributed by atoms with van der Waals surface area (Å²) in [6.45, 7) is 6.28. The van der Waals surface area contributed by atoms with Gasteiger partial charge < -0.3 is 0 Å². The summed E-state index contributed by atoms with van der Waals surface area (Å²) in [5.74, 6) is 0.299. The largest absolute Gasteiger partial charge is 0.294 e. The molecule has 4 nitrogen and oxygen atoms in total. The van der Waals surface area contributed by atoms with Crippen molar-refractivity contribution in [1.29, 1.82) is 0 Å². The van der Waals surface area contributed by atoms with E-state index in [2.05, 4.69) is 36.1 Å². The Kier molecular flexibility index (Phi) is 3.49. The van der Waals surface area contributed by atoms with Gasteiger partial charge in [0.2, 0.25) is 11.9 Å². The van der Waals surface area contributed by atoms with Gasteiger partial charge in [0.25, 0.3) is 0 Å². The lowest BCUT2D eigenvalue weighted by Gasteiger charge is -2.48. The van der Waals surface area contributed by atoms with Crippen LogP contribution in [-0.4, -0.2) is 21.5 Å². The molecule has 120 valence electrons. The summed E-state index contributed by atoms with van der Waals surface area (Å²) in [6.07, 6.45) is 6.93. The number of alkyl halides is 1. The average Bonchev–Trinajstić information content (AvgIpc) is 2.48. The van der Waals surface area contributed by atoms with Crippen LogP contribution in [0.25, 0.3) is 0 Å². The first-order chi connectivity index (χ1) is 10.2. The molecule has 3 aliphatic carbocycles. The number of aromatic nitrogens is 2. The van der Waals surface area contributed by atoms with Crippen LogP contribution >= 0.6 is 0 Å². The van der Waals surface area contributed by atoms with Gasteiger partial charge in [-0.25, -0.2) is 14.4 Å². The van der Waals surface area contributed by atoms with Gasteiger partial charge in [-0.2, -0.15) is 0 Å². The highest BCUT2D eigenvalue weighted by molar-refractivity contribution is 5.94. The predicted molar refractivity (Wildman–Crippen MR) is 83.3 cm³/mol. The fraction of sp³-hybridized carbons (Fsp3) is 0.706. The minimum absolute atomic E-state index is 0.0155. The zero-order valence-corrected chi connectivity index (χ0v) is 13.6. The van der Waals surface area contributed by atoms with E-state index in [0.717, 1.165) is 5.56 Å². The van der Waals surface area contributed by atoms with Crippen LogP contribution in [0.4, 0.5) is 10.3 Å². The maximum Gasteiger partial charge on any atom is 0.232 e. The molecule has 1 amide bonds. The number of rotatable bonds is 2. The van der Waals surface area contributed by atoms with Crippen LogP contribution in [0.2, 0.25) is 0 Å². The van der Waals surface area contributed by atoms with Gasteiger partial charge in [-0.1, -0.05) is 20.8 Å². The van der Waals surface area contributed by atoms with Gasteiger partial charge in [-0.3, -0.25) is 10.1 Å². The highest BCUT2D eigenvalue weighted by Crippen LogP contribution is 2.54. The van der Waals surface area contributed by atoms with Crippen molar-refractivity contribution in [2.24, 2.45) is 5.41 Å². The first-order valence-corrected chi connectivity index (χ1v) is 8.06. The third kappa shape index (κ3) is 2.73. The van der Waals surface area contributed by atoms with Crippen molar-refractivity contribution < 1.29 is 9.18 Å². The minimum Gasteiger partial charge on any atom is -0.294 e. The number of hydrogen-bond acceptors (Lipinski definition) is 3. The van der Waals surface area contributed by atoms with E-state index in [0.29, 0.717) is 44.5 Å². The van der Waals surface area contributed by atoms with E-state index in [1.54, 1.807) is 12.4 Å². The second-order valence-electron chi connectivity index (χ2n) is 7.93. The first-order valence-electron chi connectivity index (χ1n) is 8.06. The van der Waals surface area contributed by atoms with Gasteiger partial charge >= 0.3 is 0 Å². The van der Waals surface area contributed by atoms with Crippen molar-refractivity contribution in [1.82, 2.24) is 9.97 Å². The van der Waals surface area contributed by atoms with Crippen LogP contribution in [0.1, 0.15) is 64.9 Å². The molecule has 0 aliphatic heterocycles. The number of nitrogens with zero attached hydrogens (tertiary/aromatic N) is 2. The van der Waals surface area contributed by atoms with Crippen molar-refractivity contribution in [3.63, 3.8) is 0 Å². The molecule has 1 heterocycles. The third-order valence-electron chi connectivity index (χ3n) is 5.38. The number of carbonyl (C=O) groups excluding carboxylic acids is 1. The Morgan fingerprint density at radius 3 is 2.05 bits per heavy atom. The molecule has 22 heavy (non-hydrogen) atoms. The van der Waals surface area contributed by atoms with Gasteiger partial charge in [0.1, 0.15) is 5.67 Å². The molecule has 0 atom stereocenters. The van der Waals surface area contributed by atoms with Gasteiger partial charge in [0.05, 0.1) is 0 Å². The summed E-state index contributed by atoms with van der Waals surface area (Å²) >= 11 is 0. The number of carbonyl (C=O) groups is 1. The van der Waals surface area contributed by atoms with Crippen LogP contribution in [0.5, 0.6) is 0 Å². The molecule has 2 bridgehead atoms. The quantitative estimate of drug-likeness (QED) is 0.904. The van der Waals surface area contributed by atoms with Crippen LogP contribution < -0.4 is 5.32 Å². The molecule has 5 heteroatoms. The Labute approximate surface area is 130 Å². The standard InChI is InChI=1S/C17H24FN3O/c1-15(2,3)12-10-19-14(20-11-12)21-13(22)16-4-7-17(18,8-5-16)9-6-16/h10-11H,4-9H2,1-3H3,(H,19,20,21,22). The van der Waals surface area contributed by atoms with E-state index in [1.165, 1.54) is 0 Å². The Morgan fingerprint density at radius 2 is 1.59 bits per heavy atom. The average molecular weight is 305 g/mol. The lowest BCUT2D eigenvalue weighted by atomic mass is 9.59. The van der Waals surface area contributed by atoms with Gasteiger partial charge in [0, 0.05) is 17.8 Å². The Morgan fingerprint density at radius 1 is 1.09 bits per heavy atom. The second-order valence-corrected chi connectivity index (χ2v) is 7.93. The number of hydrogen-bond donors (Lipinski definition) is 1. The lowest BCUT2D eigenvalue weighted by Crippen LogP contribution is -2.49.